The van der Waals surface area contributed by atoms with E-state index in [1.54, 1.807) is 26.5 Å². The monoisotopic (exact) mass is 382 g/mol. The van der Waals surface area contributed by atoms with Crippen molar-refractivity contribution < 1.29 is 14.3 Å². The summed E-state index contributed by atoms with van der Waals surface area (Å²) in [7, 11) is 3.26. The van der Waals surface area contributed by atoms with Crippen molar-refractivity contribution in [3.8, 4) is 11.5 Å². The summed E-state index contributed by atoms with van der Waals surface area (Å²) in [6, 6.07) is 5.68. The van der Waals surface area contributed by atoms with Gasteiger partial charge in [0.15, 0.2) is 11.5 Å². The largest absolute Gasteiger partial charge is 0.493 e. The van der Waals surface area contributed by atoms with Gasteiger partial charge in [0.2, 0.25) is 5.95 Å². The van der Waals surface area contributed by atoms with Gasteiger partial charge in [0.25, 0.3) is 5.91 Å². The maximum atomic E-state index is 13.1. The smallest absolute Gasteiger partial charge is 0.272 e. The molecule has 0 radical (unpaired) electrons. The molecule has 2 aliphatic rings. The molecule has 148 valence electrons. The summed E-state index contributed by atoms with van der Waals surface area (Å²) in [5.74, 6) is 2.02. The van der Waals surface area contributed by atoms with E-state index in [0.717, 1.165) is 43.7 Å². The summed E-state index contributed by atoms with van der Waals surface area (Å²) in [5.41, 5.74) is 2.74. The average Bonchev–Trinajstić information content (AvgIpc) is 2.77. The Balaban J connectivity index is 1.53. The van der Waals surface area contributed by atoms with Crippen LogP contribution in [-0.2, 0) is 13.0 Å². The van der Waals surface area contributed by atoms with Gasteiger partial charge in [-0.2, -0.15) is 0 Å². The Bertz CT molecular complexity index is 865. The second-order valence-electron chi connectivity index (χ2n) is 7.24. The number of fused-ring (bicyclic) bond motifs is 1. The number of piperidine rings is 1. The number of aromatic nitrogens is 2. The number of benzene rings is 1. The number of hydrogen-bond donors (Lipinski definition) is 0. The number of hydrogen-bond acceptors (Lipinski definition) is 6. The highest BCUT2D eigenvalue weighted by Crippen LogP contribution is 2.33. The molecule has 0 bridgehead atoms. The molecule has 7 heteroatoms. The van der Waals surface area contributed by atoms with Crippen molar-refractivity contribution in [2.45, 2.75) is 32.2 Å². The predicted octanol–water partition coefficient (Wildman–Crippen LogP) is 2.68. The maximum Gasteiger partial charge on any atom is 0.272 e. The van der Waals surface area contributed by atoms with Crippen molar-refractivity contribution in [3.05, 3.63) is 41.2 Å². The van der Waals surface area contributed by atoms with Crippen LogP contribution >= 0.6 is 0 Å². The first-order valence-electron chi connectivity index (χ1n) is 9.80. The molecule has 4 rings (SSSR count). The topological polar surface area (TPSA) is 67.8 Å². The van der Waals surface area contributed by atoms with Crippen LogP contribution in [0.15, 0.2) is 24.4 Å². The highest BCUT2D eigenvalue weighted by atomic mass is 16.5. The predicted molar refractivity (Wildman–Crippen MR) is 106 cm³/mol. The van der Waals surface area contributed by atoms with E-state index >= 15 is 0 Å². The molecule has 1 aromatic heterocycles. The summed E-state index contributed by atoms with van der Waals surface area (Å²) in [5, 5.41) is 0. The molecule has 3 heterocycles. The molecule has 1 fully saturated rings. The first-order chi connectivity index (χ1) is 13.7. The molecule has 28 heavy (non-hydrogen) atoms. The van der Waals surface area contributed by atoms with Crippen molar-refractivity contribution in [2.75, 3.05) is 38.8 Å². The summed E-state index contributed by atoms with van der Waals surface area (Å²) in [6.07, 6.45) is 6.02. The third kappa shape index (κ3) is 3.61. The van der Waals surface area contributed by atoms with Crippen LogP contribution in [0, 0.1) is 0 Å². The van der Waals surface area contributed by atoms with Gasteiger partial charge in [-0.1, -0.05) is 0 Å². The fraction of sp³-hybridized carbons (Fsp3) is 0.476. The molecule has 2 aromatic rings. The van der Waals surface area contributed by atoms with Gasteiger partial charge in [0.1, 0.15) is 5.69 Å². The Morgan fingerprint density at radius 1 is 1.00 bits per heavy atom. The molecule has 0 aliphatic carbocycles. The number of ether oxygens (including phenoxy) is 2. The second kappa shape index (κ2) is 8.04. The second-order valence-corrected chi connectivity index (χ2v) is 7.24. The first-order valence-corrected chi connectivity index (χ1v) is 9.80. The van der Waals surface area contributed by atoms with E-state index in [0.29, 0.717) is 30.5 Å². The zero-order chi connectivity index (χ0) is 19.5. The lowest BCUT2D eigenvalue weighted by Gasteiger charge is -2.30. The van der Waals surface area contributed by atoms with Gasteiger partial charge in [-0.3, -0.25) is 4.79 Å². The average molecular weight is 382 g/mol. The Kier molecular flexibility index (Phi) is 5.32. The van der Waals surface area contributed by atoms with E-state index in [1.165, 1.54) is 12.0 Å². The number of nitrogens with zero attached hydrogens (tertiary/aromatic N) is 4. The molecule has 0 saturated carbocycles. The molecule has 0 N–H and O–H groups in total. The van der Waals surface area contributed by atoms with Crippen LogP contribution < -0.4 is 14.4 Å². The number of amides is 1. The molecular formula is C21H26N4O3. The van der Waals surface area contributed by atoms with E-state index in [1.807, 2.05) is 17.0 Å². The minimum Gasteiger partial charge on any atom is -0.493 e. The van der Waals surface area contributed by atoms with Crippen LogP contribution in [0.1, 0.15) is 40.9 Å². The van der Waals surface area contributed by atoms with Crippen LogP contribution in [-0.4, -0.2) is 54.6 Å². The fourth-order valence-electron chi connectivity index (χ4n) is 3.93. The van der Waals surface area contributed by atoms with E-state index in [-0.39, 0.29) is 5.91 Å². The SMILES string of the molecule is COc1cc2c(cc1OC)CN(C(=O)c1ccnc(N3CCCCC3)n1)CC2. The maximum absolute atomic E-state index is 13.1. The molecule has 1 aromatic carbocycles. The normalized spacial score (nSPS) is 16.5. The van der Waals surface area contributed by atoms with E-state index in [4.69, 9.17) is 9.47 Å². The van der Waals surface area contributed by atoms with Gasteiger partial charge in [-0.25, -0.2) is 9.97 Å². The van der Waals surface area contributed by atoms with E-state index in [9.17, 15) is 4.79 Å². The van der Waals surface area contributed by atoms with E-state index in [2.05, 4.69) is 14.9 Å². The number of anilines is 1. The zero-order valence-electron chi connectivity index (χ0n) is 16.5. The third-order valence-electron chi connectivity index (χ3n) is 5.51. The Morgan fingerprint density at radius 3 is 2.43 bits per heavy atom. The molecule has 1 saturated heterocycles. The fourth-order valence-corrected chi connectivity index (χ4v) is 3.93. The summed E-state index contributed by atoms with van der Waals surface area (Å²) in [4.78, 5) is 26.0. The molecule has 7 nitrogen and oxygen atoms in total. The molecular weight excluding hydrogens is 356 g/mol. The van der Waals surface area contributed by atoms with Gasteiger partial charge in [-0.15, -0.1) is 0 Å². The molecule has 0 atom stereocenters. The third-order valence-corrected chi connectivity index (χ3v) is 5.51. The highest BCUT2D eigenvalue weighted by Gasteiger charge is 2.25. The van der Waals surface area contributed by atoms with Gasteiger partial charge in [0, 0.05) is 32.4 Å². The number of methoxy groups -OCH3 is 2. The van der Waals surface area contributed by atoms with E-state index < -0.39 is 0 Å². The Labute approximate surface area is 165 Å². The van der Waals surface area contributed by atoms with Crippen molar-refractivity contribution >= 4 is 11.9 Å². The Morgan fingerprint density at radius 2 is 1.71 bits per heavy atom. The lowest BCUT2D eigenvalue weighted by molar-refractivity contribution is 0.0728. The minimum atomic E-state index is -0.0545. The van der Waals surface area contributed by atoms with Crippen LogP contribution in [0.2, 0.25) is 0 Å². The lowest BCUT2D eigenvalue weighted by atomic mass is 9.98. The molecule has 2 aliphatic heterocycles. The van der Waals surface area contributed by atoms with Gasteiger partial charge in [0.05, 0.1) is 14.2 Å². The standard InChI is InChI=1S/C21H26N4O3/c1-27-18-12-15-7-11-25(14-16(15)13-19(18)28-2)20(26)17-6-8-22-21(23-17)24-9-4-3-5-10-24/h6,8,12-13H,3-5,7,9-11,14H2,1-2H3. The first kappa shape index (κ1) is 18.5. The van der Waals surface area contributed by atoms with Crippen molar-refractivity contribution in [1.82, 2.24) is 14.9 Å². The van der Waals surface area contributed by atoms with Crippen molar-refractivity contribution in [2.24, 2.45) is 0 Å². The number of carbonyl (C=O) groups excluding carboxylic acids is 1. The van der Waals surface area contributed by atoms with Crippen molar-refractivity contribution in [3.63, 3.8) is 0 Å². The molecule has 0 spiro atoms. The van der Waals surface area contributed by atoms with Crippen LogP contribution in [0.4, 0.5) is 5.95 Å². The van der Waals surface area contributed by atoms with Gasteiger partial charge < -0.3 is 19.3 Å². The summed E-state index contributed by atoms with van der Waals surface area (Å²) < 4.78 is 10.8. The van der Waals surface area contributed by atoms with Crippen molar-refractivity contribution in [1.29, 1.82) is 0 Å². The number of rotatable bonds is 4. The highest BCUT2D eigenvalue weighted by molar-refractivity contribution is 5.92. The minimum absolute atomic E-state index is 0.0545. The molecule has 1 amide bonds. The number of carbonyl (C=O) groups is 1. The van der Waals surface area contributed by atoms with Crippen LogP contribution in [0.3, 0.4) is 0 Å². The molecule has 0 unspecified atom stereocenters. The van der Waals surface area contributed by atoms with Gasteiger partial charge in [-0.05, 0) is 55.0 Å². The summed E-state index contributed by atoms with van der Waals surface area (Å²) in [6.45, 7) is 3.11. The Hall–Kier alpha value is -2.83. The van der Waals surface area contributed by atoms with Crippen LogP contribution in [0.25, 0.3) is 0 Å². The van der Waals surface area contributed by atoms with Crippen LogP contribution in [0.5, 0.6) is 11.5 Å². The zero-order valence-corrected chi connectivity index (χ0v) is 16.5. The summed E-state index contributed by atoms with van der Waals surface area (Å²) >= 11 is 0. The lowest BCUT2D eigenvalue weighted by Crippen LogP contribution is -2.37. The van der Waals surface area contributed by atoms with Gasteiger partial charge >= 0.3 is 0 Å². The quantitative estimate of drug-likeness (QED) is 0.810.